The first-order chi connectivity index (χ1) is 9.27. The first kappa shape index (κ1) is 15.5. The number of hydrogen-bond acceptors (Lipinski definition) is 2. The average molecular weight is 260 g/mol. The summed E-state index contributed by atoms with van der Waals surface area (Å²) in [5.41, 5.74) is 1.74. The molecule has 0 fully saturated rings. The lowest BCUT2D eigenvalue weighted by Gasteiger charge is -2.01. The predicted molar refractivity (Wildman–Crippen MR) is 80.2 cm³/mol. The maximum atomic E-state index is 11.5. The summed E-state index contributed by atoms with van der Waals surface area (Å²) >= 11 is 0. The summed E-state index contributed by atoms with van der Waals surface area (Å²) in [5, 5.41) is 0. The van der Waals surface area contributed by atoms with Crippen molar-refractivity contribution in [1.82, 2.24) is 0 Å². The van der Waals surface area contributed by atoms with Gasteiger partial charge in [0.1, 0.15) is 0 Å². The highest BCUT2D eigenvalue weighted by Crippen LogP contribution is 2.09. The molecule has 0 saturated heterocycles. The number of allylic oxidation sites excluding steroid dienone is 1. The van der Waals surface area contributed by atoms with Crippen LogP contribution in [0.1, 0.15) is 61.9 Å². The molecule has 0 saturated carbocycles. The van der Waals surface area contributed by atoms with Crippen LogP contribution in [0.4, 0.5) is 0 Å². The second-order valence-corrected chi connectivity index (χ2v) is 4.59. The molecule has 0 aliphatic rings. The number of rotatable bonds is 8. The van der Waals surface area contributed by atoms with Gasteiger partial charge in [0.05, 0.1) is 12.2 Å². The monoisotopic (exact) mass is 260 g/mol. The number of esters is 1. The highest BCUT2D eigenvalue weighted by atomic mass is 16.5. The molecular formula is C17H24O2. The molecule has 2 heteroatoms. The van der Waals surface area contributed by atoms with E-state index >= 15 is 0 Å². The van der Waals surface area contributed by atoms with E-state index in [1.54, 1.807) is 0 Å². The zero-order valence-electron chi connectivity index (χ0n) is 12.0. The minimum atomic E-state index is -0.252. The highest BCUT2D eigenvalue weighted by molar-refractivity contribution is 5.89. The summed E-state index contributed by atoms with van der Waals surface area (Å²) in [5.74, 6) is -0.252. The van der Waals surface area contributed by atoms with E-state index in [1.165, 1.54) is 25.7 Å². The predicted octanol–water partition coefficient (Wildman–Crippen LogP) is 4.85. The fourth-order valence-electron chi connectivity index (χ4n) is 1.85. The summed E-state index contributed by atoms with van der Waals surface area (Å²) in [6.45, 7) is 4.45. The molecule has 0 radical (unpaired) electrons. The molecule has 0 bridgehead atoms. The Balaban J connectivity index is 2.39. The largest absolute Gasteiger partial charge is 0.462 e. The molecule has 2 nitrogen and oxygen atoms in total. The second kappa shape index (κ2) is 9.37. The highest BCUT2D eigenvalue weighted by Gasteiger charge is 2.04. The quantitative estimate of drug-likeness (QED) is 0.493. The van der Waals surface area contributed by atoms with E-state index in [-0.39, 0.29) is 5.97 Å². The van der Waals surface area contributed by atoms with Crippen LogP contribution in [0.3, 0.4) is 0 Å². The number of benzene rings is 1. The van der Waals surface area contributed by atoms with E-state index in [2.05, 4.69) is 19.1 Å². The number of carbonyl (C=O) groups is 1. The first-order valence-electron chi connectivity index (χ1n) is 7.21. The molecule has 0 heterocycles. The molecule has 0 unspecified atom stereocenters. The molecule has 0 amide bonds. The molecule has 0 aliphatic heterocycles. The molecule has 0 N–H and O–H groups in total. The van der Waals surface area contributed by atoms with Crippen LogP contribution in [0.15, 0.2) is 30.3 Å². The van der Waals surface area contributed by atoms with Crippen LogP contribution >= 0.6 is 0 Å². The Bertz CT molecular complexity index is 390. The van der Waals surface area contributed by atoms with Crippen molar-refractivity contribution in [3.05, 3.63) is 41.5 Å². The fraction of sp³-hybridized carbons (Fsp3) is 0.471. The van der Waals surface area contributed by atoms with Gasteiger partial charge in [-0.3, -0.25) is 0 Å². The lowest BCUT2D eigenvalue weighted by atomic mass is 10.1. The standard InChI is InChI=1S/C17H24O2/c1-3-5-6-7-8-9-10-15-11-13-16(14-12-15)17(18)19-4-2/h9-14H,3-8H2,1-2H3. The Labute approximate surface area is 116 Å². The van der Waals surface area contributed by atoms with Gasteiger partial charge < -0.3 is 4.74 Å². The van der Waals surface area contributed by atoms with Crippen LogP contribution in [-0.2, 0) is 4.74 Å². The third-order valence-electron chi connectivity index (χ3n) is 2.96. The van der Waals surface area contributed by atoms with Crippen molar-refractivity contribution in [2.45, 2.75) is 46.0 Å². The van der Waals surface area contributed by atoms with Gasteiger partial charge in [-0.2, -0.15) is 0 Å². The van der Waals surface area contributed by atoms with Crippen LogP contribution in [0.5, 0.6) is 0 Å². The van der Waals surface area contributed by atoms with Gasteiger partial charge in [-0.1, -0.05) is 50.5 Å². The third-order valence-corrected chi connectivity index (χ3v) is 2.96. The van der Waals surface area contributed by atoms with Crippen molar-refractivity contribution in [2.75, 3.05) is 6.61 Å². The van der Waals surface area contributed by atoms with Crippen molar-refractivity contribution in [2.24, 2.45) is 0 Å². The maximum Gasteiger partial charge on any atom is 0.338 e. The molecule has 0 spiro atoms. The third kappa shape index (κ3) is 6.23. The molecule has 1 aromatic carbocycles. The number of unbranched alkanes of at least 4 members (excludes halogenated alkanes) is 4. The molecule has 104 valence electrons. The summed E-state index contributed by atoms with van der Waals surface area (Å²) in [6.07, 6.45) is 10.6. The summed E-state index contributed by atoms with van der Waals surface area (Å²) < 4.78 is 4.95. The summed E-state index contributed by atoms with van der Waals surface area (Å²) in [4.78, 5) is 11.5. The number of carbonyl (C=O) groups excluding carboxylic acids is 1. The van der Waals surface area contributed by atoms with Crippen LogP contribution in [0, 0.1) is 0 Å². The van der Waals surface area contributed by atoms with Crippen molar-refractivity contribution < 1.29 is 9.53 Å². The molecule has 1 aromatic rings. The van der Waals surface area contributed by atoms with E-state index in [1.807, 2.05) is 31.2 Å². The van der Waals surface area contributed by atoms with Gasteiger partial charge in [0.15, 0.2) is 0 Å². The van der Waals surface area contributed by atoms with Gasteiger partial charge >= 0.3 is 5.97 Å². The molecule has 0 aromatic heterocycles. The van der Waals surface area contributed by atoms with E-state index < -0.39 is 0 Å². The number of hydrogen-bond donors (Lipinski definition) is 0. The Morgan fingerprint density at radius 3 is 2.47 bits per heavy atom. The van der Waals surface area contributed by atoms with E-state index in [0.29, 0.717) is 12.2 Å². The van der Waals surface area contributed by atoms with Crippen molar-refractivity contribution >= 4 is 12.0 Å². The van der Waals surface area contributed by atoms with Crippen molar-refractivity contribution in [1.29, 1.82) is 0 Å². The molecule has 0 aliphatic carbocycles. The van der Waals surface area contributed by atoms with Gasteiger partial charge in [-0.05, 0) is 37.5 Å². The van der Waals surface area contributed by atoms with Crippen LogP contribution in [-0.4, -0.2) is 12.6 Å². The Hall–Kier alpha value is -1.57. The van der Waals surface area contributed by atoms with E-state index in [4.69, 9.17) is 4.74 Å². The zero-order chi connectivity index (χ0) is 13.9. The summed E-state index contributed by atoms with van der Waals surface area (Å²) in [7, 11) is 0. The topological polar surface area (TPSA) is 26.3 Å². The minimum Gasteiger partial charge on any atom is -0.462 e. The number of ether oxygens (including phenoxy) is 1. The smallest absolute Gasteiger partial charge is 0.338 e. The van der Waals surface area contributed by atoms with E-state index in [9.17, 15) is 4.79 Å². The first-order valence-corrected chi connectivity index (χ1v) is 7.21. The molecular weight excluding hydrogens is 236 g/mol. The van der Waals surface area contributed by atoms with Gasteiger partial charge in [0.25, 0.3) is 0 Å². The average Bonchev–Trinajstić information content (AvgIpc) is 2.43. The van der Waals surface area contributed by atoms with Gasteiger partial charge in [-0.15, -0.1) is 0 Å². The van der Waals surface area contributed by atoms with Gasteiger partial charge in [0, 0.05) is 0 Å². The van der Waals surface area contributed by atoms with Crippen LogP contribution < -0.4 is 0 Å². The van der Waals surface area contributed by atoms with Crippen LogP contribution in [0.2, 0.25) is 0 Å². The molecule has 0 atom stereocenters. The minimum absolute atomic E-state index is 0.252. The fourth-order valence-corrected chi connectivity index (χ4v) is 1.85. The summed E-state index contributed by atoms with van der Waals surface area (Å²) in [6, 6.07) is 7.53. The lowest BCUT2D eigenvalue weighted by molar-refractivity contribution is 0.0526. The maximum absolute atomic E-state index is 11.5. The lowest BCUT2D eigenvalue weighted by Crippen LogP contribution is -2.03. The van der Waals surface area contributed by atoms with Crippen molar-refractivity contribution in [3.63, 3.8) is 0 Å². The normalized spacial score (nSPS) is 10.8. The second-order valence-electron chi connectivity index (χ2n) is 4.59. The zero-order valence-corrected chi connectivity index (χ0v) is 12.0. The Morgan fingerprint density at radius 1 is 1.11 bits per heavy atom. The Kier molecular flexibility index (Phi) is 7.64. The van der Waals surface area contributed by atoms with E-state index in [0.717, 1.165) is 12.0 Å². The molecule has 1 rings (SSSR count). The molecule has 19 heavy (non-hydrogen) atoms. The van der Waals surface area contributed by atoms with Crippen molar-refractivity contribution in [3.8, 4) is 0 Å². The Morgan fingerprint density at radius 2 is 1.84 bits per heavy atom. The van der Waals surface area contributed by atoms with Gasteiger partial charge in [0.2, 0.25) is 0 Å². The van der Waals surface area contributed by atoms with Crippen LogP contribution in [0.25, 0.3) is 6.08 Å². The van der Waals surface area contributed by atoms with Gasteiger partial charge in [-0.25, -0.2) is 4.79 Å². The SMILES string of the molecule is CCCCCCC=Cc1ccc(C(=O)OCC)cc1.